The van der Waals surface area contributed by atoms with Crippen molar-refractivity contribution >= 4 is 24.1 Å². The first-order valence-electron chi connectivity index (χ1n) is 11.4. The highest BCUT2D eigenvalue weighted by molar-refractivity contribution is 5.86. The second kappa shape index (κ2) is 13.9. The second-order valence-corrected chi connectivity index (χ2v) is 10.0. The highest BCUT2D eigenvalue weighted by atomic mass is 16.6. The molecule has 0 aromatic carbocycles. The molecule has 0 spiro atoms. The Morgan fingerprint density at radius 3 is 1.82 bits per heavy atom. The molecule has 10 nitrogen and oxygen atoms in total. The number of rotatable bonds is 11. The van der Waals surface area contributed by atoms with Crippen LogP contribution >= 0.6 is 0 Å². The molecule has 0 fully saturated rings. The van der Waals surface area contributed by atoms with E-state index in [0.29, 0.717) is 32.2 Å². The van der Waals surface area contributed by atoms with Crippen molar-refractivity contribution in [3.63, 3.8) is 0 Å². The largest absolute Gasteiger partial charge is 0.467 e. The van der Waals surface area contributed by atoms with Crippen molar-refractivity contribution in [3.8, 4) is 0 Å². The Balaban J connectivity index is 4.68. The van der Waals surface area contributed by atoms with Crippen LogP contribution in [0.1, 0.15) is 81.1 Å². The Morgan fingerprint density at radius 2 is 1.36 bits per heavy atom. The van der Waals surface area contributed by atoms with Gasteiger partial charge in [-0.15, -0.1) is 0 Å². The molecule has 10 heteroatoms. The maximum Gasteiger partial charge on any atom is 0.408 e. The summed E-state index contributed by atoms with van der Waals surface area (Å²) in [6.07, 6.45) is 0.795. The maximum absolute atomic E-state index is 12.6. The summed E-state index contributed by atoms with van der Waals surface area (Å²) in [6.45, 7) is 14.6. The molecule has 0 heterocycles. The van der Waals surface area contributed by atoms with E-state index in [1.165, 1.54) is 7.11 Å². The number of alkyl carbamates (subject to hydrolysis) is 2. The lowest BCUT2D eigenvalue weighted by Gasteiger charge is -2.26. The van der Waals surface area contributed by atoms with Crippen molar-refractivity contribution in [2.75, 3.05) is 13.7 Å². The van der Waals surface area contributed by atoms with Gasteiger partial charge in [0.1, 0.15) is 23.3 Å². The third-order valence-corrected chi connectivity index (χ3v) is 4.56. The van der Waals surface area contributed by atoms with E-state index in [1.54, 1.807) is 41.5 Å². The van der Waals surface area contributed by atoms with Gasteiger partial charge in [0, 0.05) is 6.54 Å². The number of amides is 3. The van der Waals surface area contributed by atoms with E-state index >= 15 is 0 Å². The average Bonchev–Trinajstić information content (AvgIpc) is 2.66. The van der Waals surface area contributed by atoms with Gasteiger partial charge in [-0.2, -0.15) is 0 Å². The van der Waals surface area contributed by atoms with Gasteiger partial charge in [-0.05, 0) is 66.7 Å². The normalized spacial score (nSPS) is 14.3. The van der Waals surface area contributed by atoms with Crippen LogP contribution in [0, 0.1) is 5.92 Å². The molecule has 0 aliphatic heterocycles. The number of ether oxygens (including phenoxy) is 3. The number of hydrogen-bond acceptors (Lipinski definition) is 7. The Hall–Kier alpha value is -2.52. The number of hydrogen-bond donors (Lipinski definition) is 3. The third-order valence-electron chi connectivity index (χ3n) is 4.56. The van der Waals surface area contributed by atoms with Gasteiger partial charge in [-0.25, -0.2) is 14.4 Å². The van der Waals surface area contributed by atoms with Crippen molar-refractivity contribution in [1.82, 2.24) is 16.0 Å². The summed E-state index contributed by atoms with van der Waals surface area (Å²) in [5.41, 5.74) is -1.35. The number of nitrogens with one attached hydrogen (secondary N) is 3. The third kappa shape index (κ3) is 14.3. The fourth-order valence-electron chi connectivity index (χ4n) is 2.77. The zero-order valence-corrected chi connectivity index (χ0v) is 21.6. The molecule has 0 saturated heterocycles. The molecule has 0 aromatic rings. The molecule has 0 radical (unpaired) electrons. The van der Waals surface area contributed by atoms with Crippen molar-refractivity contribution in [2.45, 2.75) is 104 Å². The zero-order chi connectivity index (χ0) is 25.8. The SMILES string of the molecule is CC[C@H](C)[C@H](NC(=O)OC(C)(C)C)C(=O)NCCCC[C@H](NC(=O)OC(C)(C)C)C(=O)OC. The van der Waals surface area contributed by atoms with Crippen LogP contribution in [0.15, 0.2) is 0 Å². The molecule has 0 aromatic heterocycles. The molecule has 0 aliphatic rings. The summed E-state index contributed by atoms with van der Waals surface area (Å²) in [7, 11) is 1.25. The van der Waals surface area contributed by atoms with Crippen molar-refractivity contribution in [2.24, 2.45) is 5.92 Å². The number of methoxy groups -OCH3 is 1. The second-order valence-electron chi connectivity index (χ2n) is 10.0. The summed E-state index contributed by atoms with van der Waals surface area (Å²) < 4.78 is 15.2. The highest BCUT2D eigenvalue weighted by Crippen LogP contribution is 2.12. The minimum atomic E-state index is -0.845. The molecule has 0 unspecified atom stereocenters. The Bertz CT molecular complexity index is 653. The van der Waals surface area contributed by atoms with Crippen LogP contribution in [0.25, 0.3) is 0 Å². The zero-order valence-electron chi connectivity index (χ0n) is 21.6. The van der Waals surface area contributed by atoms with Gasteiger partial charge in [0.25, 0.3) is 0 Å². The minimum Gasteiger partial charge on any atom is -0.467 e. The topological polar surface area (TPSA) is 132 Å². The van der Waals surface area contributed by atoms with Crippen LogP contribution in [-0.2, 0) is 23.8 Å². The van der Waals surface area contributed by atoms with E-state index in [9.17, 15) is 19.2 Å². The van der Waals surface area contributed by atoms with Crippen LogP contribution in [0.4, 0.5) is 9.59 Å². The molecule has 0 aliphatic carbocycles. The van der Waals surface area contributed by atoms with Gasteiger partial charge < -0.3 is 30.2 Å². The molecule has 0 saturated carbocycles. The number of carbonyl (C=O) groups excluding carboxylic acids is 4. The van der Waals surface area contributed by atoms with Gasteiger partial charge in [-0.1, -0.05) is 20.3 Å². The fraction of sp³-hybridized carbons (Fsp3) is 0.826. The predicted octanol–water partition coefficient (Wildman–Crippen LogP) is 3.28. The maximum atomic E-state index is 12.6. The lowest BCUT2D eigenvalue weighted by atomic mass is 9.98. The summed E-state index contributed by atoms with van der Waals surface area (Å²) >= 11 is 0. The van der Waals surface area contributed by atoms with Gasteiger partial charge in [0.05, 0.1) is 7.11 Å². The first kappa shape index (κ1) is 30.5. The number of esters is 1. The molecule has 0 rings (SSSR count). The summed E-state index contributed by atoms with van der Waals surface area (Å²) in [5, 5.41) is 7.99. The summed E-state index contributed by atoms with van der Waals surface area (Å²) in [6, 6.07) is -1.57. The van der Waals surface area contributed by atoms with Crippen molar-refractivity contribution in [1.29, 1.82) is 0 Å². The van der Waals surface area contributed by atoms with Gasteiger partial charge in [0.2, 0.25) is 5.91 Å². The van der Waals surface area contributed by atoms with Crippen molar-refractivity contribution in [3.05, 3.63) is 0 Å². The van der Waals surface area contributed by atoms with E-state index in [-0.39, 0.29) is 11.8 Å². The van der Waals surface area contributed by atoms with E-state index in [0.717, 1.165) is 0 Å². The molecule has 192 valence electrons. The number of carbonyl (C=O) groups is 4. The Labute approximate surface area is 197 Å². The standard InChI is InChI=1S/C23H43N3O7/c1-10-15(2)17(26-21(30)33-23(6,7)8)18(27)24-14-12-11-13-16(19(28)31-9)25-20(29)32-22(3,4)5/h15-17H,10-14H2,1-9H3,(H,24,27)(H,25,29)(H,26,30)/t15-,16-,17-/m0/s1. The molecule has 0 bridgehead atoms. The minimum absolute atomic E-state index is 0.0840. The van der Waals surface area contributed by atoms with Crippen LogP contribution in [0.2, 0.25) is 0 Å². The molecule has 3 N–H and O–H groups in total. The summed E-state index contributed by atoms with van der Waals surface area (Å²) in [5.74, 6) is -0.950. The van der Waals surface area contributed by atoms with Crippen LogP contribution < -0.4 is 16.0 Å². The van der Waals surface area contributed by atoms with E-state index in [4.69, 9.17) is 14.2 Å². The van der Waals surface area contributed by atoms with Crippen LogP contribution in [0.3, 0.4) is 0 Å². The van der Waals surface area contributed by atoms with Crippen LogP contribution in [0.5, 0.6) is 0 Å². The number of unbranched alkanes of at least 4 members (excludes halogenated alkanes) is 1. The molecular formula is C23H43N3O7. The fourth-order valence-corrected chi connectivity index (χ4v) is 2.77. The quantitative estimate of drug-likeness (QED) is 0.238. The van der Waals surface area contributed by atoms with Crippen LogP contribution in [-0.4, -0.2) is 61.0 Å². The predicted molar refractivity (Wildman–Crippen MR) is 125 cm³/mol. The van der Waals surface area contributed by atoms with E-state index < -0.39 is 41.4 Å². The monoisotopic (exact) mass is 473 g/mol. The Morgan fingerprint density at radius 1 is 0.848 bits per heavy atom. The highest BCUT2D eigenvalue weighted by Gasteiger charge is 2.28. The molecule has 33 heavy (non-hydrogen) atoms. The molecular weight excluding hydrogens is 430 g/mol. The van der Waals surface area contributed by atoms with Gasteiger partial charge in [0.15, 0.2) is 0 Å². The first-order chi connectivity index (χ1) is 15.1. The Kier molecular flexibility index (Phi) is 12.8. The lowest BCUT2D eigenvalue weighted by molar-refractivity contribution is -0.143. The molecule has 3 atom stereocenters. The molecule has 3 amide bonds. The van der Waals surface area contributed by atoms with Gasteiger partial charge >= 0.3 is 18.2 Å². The van der Waals surface area contributed by atoms with E-state index in [2.05, 4.69) is 16.0 Å². The van der Waals surface area contributed by atoms with Gasteiger partial charge in [-0.3, -0.25) is 4.79 Å². The van der Waals surface area contributed by atoms with Crippen molar-refractivity contribution < 1.29 is 33.4 Å². The van der Waals surface area contributed by atoms with E-state index in [1.807, 2.05) is 13.8 Å². The average molecular weight is 474 g/mol. The summed E-state index contributed by atoms with van der Waals surface area (Å²) in [4.78, 5) is 48.7. The first-order valence-corrected chi connectivity index (χ1v) is 11.4. The lowest BCUT2D eigenvalue weighted by Crippen LogP contribution is -2.51. The smallest absolute Gasteiger partial charge is 0.408 e.